The van der Waals surface area contributed by atoms with Crippen LogP contribution in [-0.4, -0.2) is 52.0 Å². The van der Waals surface area contributed by atoms with Gasteiger partial charge in [-0.25, -0.2) is 9.07 Å². The highest BCUT2D eigenvalue weighted by molar-refractivity contribution is 5.93. The van der Waals surface area contributed by atoms with Gasteiger partial charge in [0.2, 0.25) is 0 Å². The molecule has 1 aromatic heterocycles. The molecule has 4 rings (SSSR count). The van der Waals surface area contributed by atoms with Crippen LogP contribution in [0.25, 0.3) is 5.69 Å². The number of piperazine rings is 1. The lowest BCUT2D eigenvalue weighted by molar-refractivity contribution is 0.0740. The first-order valence-corrected chi connectivity index (χ1v) is 9.74. The van der Waals surface area contributed by atoms with E-state index in [0.717, 1.165) is 16.9 Å². The number of hydrogen-bond acceptors (Lipinski definition) is 4. The lowest BCUT2D eigenvalue weighted by atomic mass is 10.1. The van der Waals surface area contributed by atoms with E-state index in [4.69, 9.17) is 0 Å². The van der Waals surface area contributed by atoms with E-state index in [0.29, 0.717) is 37.6 Å². The Balaban J connectivity index is 1.49. The molecule has 150 valence electrons. The third-order valence-electron chi connectivity index (χ3n) is 5.59. The minimum Gasteiger partial charge on any atom is -0.366 e. The Morgan fingerprint density at radius 1 is 0.966 bits per heavy atom. The fourth-order valence-corrected chi connectivity index (χ4v) is 3.64. The molecule has 0 saturated carbocycles. The van der Waals surface area contributed by atoms with E-state index in [-0.39, 0.29) is 11.7 Å². The summed E-state index contributed by atoms with van der Waals surface area (Å²) in [6.45, 7) is 8.16. The van der Waals surface area contributed by atoms with E-state index in [1.165, 1.54) is 11.6 Å². The number of aryl methyl sites for hydroxylation is 2. The number of halogens is 1. The Morgan fingerprint density at radius 2 is 1.69 bits per heavy atom. The molecular formula is C22H24FN5O. The van der Waals surface area contributed by atoms with Crippen LogP contribution in [0.4, 0.5) is 10.1 Å². The van der Waals surface area contributed by atoms with Crippen molar-refractivity contribution in [3.63, 3.8) is 0 Å². The van der Waals surface area contributed by atoms with Crippen molar-refractivity contribution in [3.05, 3.63) is 70.8 Å². The average molecular weight is 393 g/mol. The zero-order chi connectivity index (χ0) is 20.5. The molecule has 2 aromatic carbocycles. The van der Waals surface area contributed by atoms with E-state index in [1.54, 1.807) is 21.7 Å². The van der Waals surface area contributed by atoms with E-state index < -0.39 is 0 Å². The zero-order valence-electron chi connectivity index (χ0n) is 16.9. The molecule has 1 aliphatic heterocycles. The van der Waals surface area contributed by atoms with Crippen LogP contribution in [0.2, 0.25) is 0 Å². The molecule has 0 spiro atoms. The van der Waals surface area contributed by atoms with Gasteiger partial charge in [-0.15, -0.1) is 5.10 Å². The van der Waals surface area contributed by atoms with Gasteiger partial charge in [-0.3, -0.25) is 4.79 Å². The molecule has 0 unspecified atom stereocenters. The molecule has 1 saturated heterocycles. The highest BCUT2D eigenvalue weighted by Crippen LogP contribution is 2.22. The summed E-state index contributed by atoms with van der Waals surface area (Å²) in [5.41, 5.74) is 4.92. The topological polar surface area (TPSA) is 54.3 Å². The fourth-order valence-electron chi connectivity index (χ4n) is 3.64. The Hall–Kier alpha value is -3.22. The Kier molecular flexibility index (Phi) is 5.05. The summed E-state index contributed by atoms with van der Waals surface area (Å²) < 4.78 is 15.7. The quantitative estimate of drug-likeness (QED) is 0.685. The Bertz CT molecular complexity index is 1050. The fraction of sp³-hybridized carbons (Fsp3) is 0.318. The number of benzene rings is 2. The van der Waals surface area contributed by atoms with Crippen LogP contribution in [0.15, 0.2) is 42.5 Å². The molecule has 2 heterocycles. The molecule has 6 nitrogen and oxygen atoms in total. The first kappa shape index (κ1) is 19.1. The van der Waals surface area contributed by atoms with Crippen LogP contribution in [0.3, 0.4) is 0 Å². The summed E-state index contributed by atoms with van der Waals surface area (Å²) >= 11 is 0. The third kappa shape index (κ3) is 3.60. The van der Waals surface area contributed by atoms with Gasteiger partial charge in [-0.05, 0) is 56.2 Å². The van der Waals surface area contributed by atoms with Gasteiger partial charge >= 0.3 is 0 Å². The van der Waals surface area contributed by atoms with Gasteiger partial charge in [0.1, 0.15) is 5.82 Å². The number of nitrogens with zero attached hydrogens (tertiary/aromatic N) is 5. The smallest absolute Gasteiger partial charge is 0.276 e. The number of rotatable bonds is 3. The van der Waals surface area contributed by atoms with E-state index in [2.05, 4.69) is 17.2 Å². The van der Waals surface area contributed by atoms with Crippen LogP contribution < -0.4 is 4.90 Å². The monoisotopic (exact) mass is 393 g/mol. The largest absolute Gasteiger partial charge is 0.366 e. The number of carbonyl (C=O) groups excluding carboxylic acids is 1. The van der Waals surface area contributed by atoms with Crippen LogP contribution >= 0.6 is 0 Å². The number of amides is 1. The molecule has 1 fully saturated rings. The van der Waals surface area contributed by atoms with Crippen molar-refractivity contribution >= 4 is 11.6 Å². The summed E-state index contributed by atoms with van der Waals surface area (Å²) in [4.78, 5) is 16.7. The highest BCUT2D eigenvalue weighted by atomic mass is 19.1. The number of hydrogen-bond donors (Lipinski definition) is 0. The summed E-state index contributed by atoms with van der Waals surface area (Å²) in [7, 11) is 0. The molecule has 0 atom stereocenters. The lowest BCUT2D eigenvalue weighted by Crippen LogP contribution is -2.49. The standard InChI is InChI=1S/C22H24FN5O/c1-15-8-9-18(14-16(15)2)28-17(3)21(24-25-28)22(29)27-12-10-26(11-13-27)20-7-5-4-6-19(20)23/h4-9,14H,10-13H2,1-3H3. The molecule has 0 radical (unpaired) electrons. The van der Waals surface area contributed by atoms with Gasteiger partial charge < -0.3 is 9.80 Å². The summed E-state index contributed by atoms with van der Waals surface area (Å²) in [5, 5.41) is 8.36. The first-order chi connectivity index (χ1) is 14.0. The summed E-state index contributed by atoms with van der Waals surface area (Å²) in [5.74, 6) is -0.370. The van der Waals surface area contributed by atoms with Crippen LogP contribution in [-0.2, 0) is 0 Å². The molecule has 29 heavy (non-hydrogen) atoms. The minimum atomic E-state index is -0.237. The van der Waals surface area contributed by atoms with Gasteiger partial charge in [0, 0.05) is 26.2 Å². The van der Waals surface area contributed by atoms with Crippen molar-refractivity contribution in [3.8, 4) is 5.69 Å². The molecule has 3 aromatic rings. The van der Waals surface area contributed by atoms with Gasteiger partial charge in [0.05, 0.1) is 17.1 Å². The van der Waals surface area contributed by atoms with Crippen molar-refractivity contribution in [2.45, 2.75) is 20.8 Å². The van der Waals surface area contributed by atoms with Crippen molar-refractivity contribution in [2.75, 3.05) is 31.1 Å². The molecule has 1 aliphatic rings. The van der Waals surface area contributed by atoms with Crippen LogP contribution in [0, 0.1) is 26.6 Å². The molecule has 0 aliphatic carbocycles. The van der Waals surface area contributed by atoms with Crippen molar-refractivity contribution in [2.24, 2.45) is 0 Å². The number of carbonyl (C=O) groups is 1. The average Bonchev–Trinajstić information content (AvgIpc) is 3.11. The zero-order valence-corrected chi connectivity index (χ0v) is 16.9. The van der Waals surface area contributed by atoms with E-state index in [1.807, 2.05) is 43.0 Å². The normalized spacial score (nSPS) is 14.3. The number of anilines is 1. The SMILES string of the molecule is Cc1ccc(-n2nnc(C(=O)N3CCN(c4ccccc4F)CC3)c2C)cc1C. The Morgan fingerprint density at radius 3 is 2.38 bits per heavy atom. The number of aromatic nitrogens is 3. The lowest BCUT2D eigenvalue weighted by Gasteiger charge is -2.35. The number of para-hydroxylation sites is 1. The van der Waals surface area contributed by atoms with Crippen LogP contribution in [0.5, 0.6) is 0 Å². The maximum atomic E-state index is 14.0. The van der Waals surface area contributed by atoms with E-state index in [9.17, 15) is 9.18 Å². The van der Waals surface area contributed by atoms with Gasteiger partial charge in [-0.1, -0.05) is 23.4 Å². The second-order valence-electron chi connectivity index (χ2n) is 7.43. The van der Waals surface area contributed by atoms with Gasteiger partial charge in [-0.2, -0.15) is 0 Å². The second-order valence-corrected chi connectivity index (χ2v) is 7.43. The van der Waals surface area contributed by atoms with Gasteiger partial charge in [0.15, 0.2) is 5.69 Å². The molecular weight excluding hydrogens is 369 g/mol. The molecule has 7 heteroatoms. The maximum absolute atomic E-state index is 14.0. The second kappa shape index (κ2) is 7.66. The minimum absolute atomic E-state index is 0.134. The first-order valence-electron chi connectivity index (χ1n) is 9.74. The van der Waals surface area contributed by atoms with Crippen LogP contribution in [0.1, 0.15) is 27.3 Å². The predicted molar refractivity (Wildman–Crippen MR) is 110 cm³/mol. The van der Waals surface area contributed by atoms with Gasteiger partial charge in [0.25, 0.3) is 5.91 Å². The highest BCUT2D eigenvalue weighted by Gasteiger charge is 2.27. The molecule has 1 amide bonds. The van der Waals surface area contributed by atoms with Crippen molar-refractivity contribution in [1.29, 1.82) is 0 Å². The van der Waals surface area contributed by atoms with E-state index >= 15 is 0 Å². The Labute approximate surface area is 169 Å². The summed E-state index contributed by atoms with van der Waals surface area (Å²) in [6, 6.07) is 12.8. The third-order valence-corrected chi connectivity index (χ3v) is 5.59. The maximum Gasteiger partial charge on any atom is 0.276 e. The molecule has 0 N–H and O–H groups in total. The molecule has 0 bridgehead atoms. The summed E-state index contributed by atoms with van der Waals surface area (Å²) in [6.07, 6.45) is 0. The van der Waals surface area contributed by atoms with Crippen molar-refractivity contribution in [1.82, 2.24) is 19.9 Å². The van der Waals surface area contributed by atoms with Crippen molar-refractivity contribution < 1.29 is 9.18 Å². The predicted octanol–water partition coefficient (Wildman–Crippen LogP) is 3.29.